The molecule has 5 heteroatoms. The van der Waals surface area contributed by atoms with Gasteiger partial charge in [-0.05, 0) is 47.2 Å². The molecule has 32 heavy (non-hydrogen) atoms. The fourth-order valence-electron chi connectivity index (χ4n) is 5.89. The van der Waals surface area contributed by atoms with Crippen LogP contribution in [0.15, 0.2) is 66.7 Å². The van der Waals surface area contributed by atoms with Crippen molar-refractivity contribution in [3.8, 4) is 0 Å². The van der Waals surface area contributed by atoms with E-state index in [1.165, 1.54) is 21.9 Å². The Hall–Kier alpha value is -3.44. The quantitative estimate of drug-likeness (QED) is 0.633. The number of amides is 1. The van der Waals surface area contributed by atoms with Crippen LogP contribution >= 0.6 is 0 Å². The van der Waals surface area contributed by atoms with Crippen molar-refractivity contribution in [3.05, 3.63) is 83.4 Å². The predicted octanol–water partition coefficient (Wildman–Crippen LogP) is 4.42. The highest BCUT2D eigenvalue weighted by molar-refractivity contribution is 6.34. The van der Waals surface area contributed by atoms with E-state index in [2.05, 4.69) is 41.3 Å². The Labute approximate surface area is 186 Å². The van der Waals surface area contributed by atoms with Gasteiger partial charge in [0.2, 0.25) is 0 Å². The van der Waals surface area contributed by atoms with Gasteiger partial charge in [-0.15, -0.1) is 0 Å². The number of aliphatic carboxylic acids is 1. The molecule has 0 aromatic heterocycles. The molecule has 3 aromatic rings. The minimum atomic E-state index is -1.09. The van der Waals surface area contributed by atoms with Crippen LogP contribution in [0.1, 0.15) is 35.6 Å². The summed E-state index contributed by atoms with van der Waals surface area (Å²) in [4.78, 5) is 28.9. The van der Waals surface area contributed by atoms with E-state index in [9.17, 15) is 14.7 Å². The molecule has 1 saturated heterocycles. The molecule has 5 nitrogen and oxygen atoms in total. The molecule has 1 N–H and O–H groups in total. The van der Waals surface area contributed by atoms with Crippen molar-refractivity contribution in [1.82, 2.24) is 4.90 Å². The summed E-state index contributed by atoms with van der Waals surface area (Å²) in [6.07, 6.45) is 3.84. The lowest BCUT2D eigenvalue weighted by molar-refractivity contribution is -0.131. The molecule has 1 unspecified atom stereocenters. The van der Waals surface area contributed by atoms with Gasteiger partial charge in [0.1, 0.15) is 0 Å². The van der Waals surface area contributed by atoms with Crippen LogP contribution in [0.2, 0.25) is 0 Å². The third-order valence-electron chi connectivity index (χ3n) is 7.27. The minimum absolute atomic E-state index is 0.0826. The second-order valence-corrected chi connectivity index (χ2v) is 8.94. The molecule has 1 aliphatic carbocycles. The van der Waals surface area contributed by atoms with Crippen molar-refractivity contribution in [2.45, 2.75) is 31.3 Å². The second-order valence-electron chi connectivity index (χ2n) is 8.94. The van der Waals surface area contributed by atoms with Crippen LogP contribution in [0, 0.1) is 0 Å². The molecule has 6 rings (SSSR count). The summed E-state index contributed by atoms with van der Waals surface area (Å²) in [6.45, 7) is 1.84. The lowest BCUT2D eigenvalue weighted by Gasteiger charge is -2.39. The lowest BCUT2D eigenvalue weighted by atomic mass is 9.98. The standard InChI is InChI=1S/C27H24N2O3/c30-25(31)16-22-20-8-1-2-10-23(20)29(27(22)32)19-11-13-28(14-12-19)24-15-18-7-3-5-17-6-4-9-21(24)26(17)18/h1-10,16,19,24H,11-15H2,(H,30,31). The van der Waals surface area contributed by atoms with Crippen molar-refractivity contribution < 1.29 is 14.7 Å². The maximum Gasteiger partial charge on any atom is 0.329 e. The van der Waals surface area contributed by atoms with E-state index in [-0.39, 0.29) is 17.5 Å². The third-order valence-corrected chi connectivity index (χ3v) is 7.27. The molecule has 3 aromatic carbocycles. The van der Waals surface area contributed by atoms with Crippen molar-refractivity contribution in [3.63, 3.8) is 0 Å². The number of rotatable bonds is 3. The lowest BCUT2D eigenvalue weighted by Crippen LogP contribution is -2.47. The van der Waals surface area contributed by atoms with Gasteiger partial charge < -0.3 is 10.0 Å². The summed E-state index contributed by atoms with van der Waals surface area (Å²) in [7, 11) is 0. The fraction of sp³-hybridized carbons (Fsp3) is 0.259. The predicted molar refractivity (Wildman–Crippen MR) is 125 cm³/mol. The van der Waals surface area contributed by atoms with Crippen molar-refractivity contribution in [1.29, 1.82) is 0 Å². The first-order chi connectivity index (χ1) is 15.6. The van der Waals surface area contributed by atoms with Gasteiger partial charge in [0.05, 0.1) is 11.3 Å². The number of hydrogen-bond donors (Lipinski definition) is 1. The zero-order valence-corrected chi connectivity index (χ0v) is 17.7. The van der Waals surface area contributed by atoms with E-state index in [0.717, 1.165) is 49.7 Å². The van der Waals surface area contributed by atoms with E-state index in [1.807, 2.05) is 29.2 Å². The third kappa shape index (κ3) is 2.88. The molecular formula is C27H24N2O3. The molecule has 3 aliphatic rings. The molecule has 0 radical (unpaired) electrons. The second kappa shape index (κ2) is 7.31. The molecule has 160 valence electrons. The highest BCUT2D eigenvalue weighted by Crippen LogP contribution is 2.43. The number of fused-ring (bicyclic) bond motifs is 1. The summed E-state index contributed by atoms with van der Waals surface area (Å²) < 4.78 is 0. The van der Waals surface area contributed by atoms with Gasteiger partial charge in [-0.3, -0.25) is 9.69 Å². The van der Waals surface area contributed by atoms with E-state index < -0.39 is 5.97 Å². The number of carboxylic acid groups (broad SMARTS) is 1. The first-order valence-corrected chi connectivity index (χ1v) is 11.2. The molecule has 0 spiro atoms. The normalized spacial score (nSPS) is 22.1. The van der Waals surface area contributed by atoms with Gasteiger partial charge in [-0.2, -0.15) is 0 Å². The van der Waals surface area contributed by atoms with Crippen molar-refractivity contribution in [2.24, 2.45) is 0 Å². The van der Waals surface area contributed by atoms with E-state index in [1.54, 1.807) is 0 Å². The van der Waals surface area contributed by atoms with Crippen LogP contribution in [-0.2, 0) is 16.0 Å². The topological polar surface area (TPSA) is 60.9 Å². The molecular weight excluding hydrogens is 400 g/mol. The van der Waals surface area contributed by atoms with E-state index in [0.29, 0.717) is 6.04 Å². The zero-order chi connectivity index (χ0) is 21.8. The van der Waals surface area contributed by atoms with Gasteiger partial charge in [0, 0.05) is 36.8 Å². The number of carbonyl (C=O) groups excluding carboxylic acids is 1. The zero-order valence-electron chi connectivity index (χ0n) is 17.7. The number of carboxylic acids is 1. The summed E-state index contributed by atoms with van der Waals surface area (Å²) in [5, 5.41) is 12.0. The monoisotopic (exact) mass is 424 g/mol. The molecule has 1 fully saturated rings. The van der Waals surface area contributed by atoms with Gasteiger partial charge in [-0.25, -0.2) is 4.79 Å². The van der Waals surface area contributed by atoms with Crippen LogP contribution in [-0.4, -0.2) is 41.0 Å². The maximum atomic E-state index is 13.2. The summed E-state index contributed by atoms with van der Waals surface area (Å²) >= 11 is 0. The smallest absolute Gasteiger partial charge is 0.329 e. The molecule has 0 saturated carbocycles. The molecule has 2 heterocycles. The Bertz CT molecular complexity index is 1280. The number of benzene rings is 3. The van der Waals surface area contributed by atoms with Crippen molar-refractivity contribution in [2.75, 3.05) is 18.0 Å². The number of likely N-dealkylation sites (tertiary alicyclic amines) is 1. The van der Waals surface area contributed by atoms with Crippen LogP contribution in [0.4, 0.5) is 5.69 Å². The van der Waals surface area contributed by atoms with Crippen molar-refractivity contribution >= 4 is 33.9 Å². The molecule has 1 amide bonds. The number of anilines is 1. The Morgan fingerprint density at radius 3 is 2.50 bits per heavy atom. The van der Waals surface area contributed by atoms with Crippen LogP contribution < -0.4 is 4.90 Å². The summed E-state index contributed by atoms with van der Waals surface area (Å²) in [5.74, 6) is -1.28. The van der Waals surface area contributed by atoms with Crippen LogP contribution in [0.3, 0.4) is 0 Å². The average molecular weight is 425 g/mol. The number of carbonyl (C=O) groups is 2. The van der Waals surface area contributed by atoms with E-state index in [4.69, 9.17) is 0 Å². The Morgan fingerprint density at radius 2 is 1.72 bits per heavy atom. The number of piperidine rings is 1. The van der Waals surface area contributed by atoms with Gasteiger partial charge in [0.25, 0.3) is 5.91 Å². The number of hydrogen-bond acceptors (Lipinski definition) is 3. The Morgan fingerprint density at radius 1 is 0.969 bits per heavy atom. The SMILES string of the molecule is O=C(O)C=C1C(=O)N(C2CCN(C3Cc4cccc5cccc3c45)CC2)c2ccccc21. The molecule has 0 bridgehead atoms. The largest absolute Gasteiger partial charge is 0.478 e. The number of nitrogens with zero attached hydrogens (tertiary/aromatic N) is 2. The summed E-state index contributed by atoms with van der Waals surface area (Å²) in [5.41, 5.74) is 4.69. The molecule has 2 aliphatic heterocycles. The first kappa shape index (κ1) is 19.3. The van der Waals surface area contributed by atoms with Gasteiger partial charge in [0.15, 0.2) is 0 Å². The Kier molecular flexibility index (Phi) is 4.40. The van der Waals surface area contributed by atoms with Gasteiger partial charge in [-0.1, -0.05) is 54.6 Å². The summed E-state index contributed by atoms with van der Waals surface area (Å²) in [6, 6.07) is 21.2. The minimum Gasteiger partial charge on any atom is -0.478 e. The molecule has 1 atom stereocenters. The van der Waals surface area contributed by atoms with Gasteiger partial charge >= 0.3 is 5.97 Å². The number of para-hydroxylation sites is 1. The van der Waals surface area contributed by atoms with Crippen LogP contribution in [0.5, 0.6) is 0 Å². The Balaban J connectivity index is 1.24. The highest BCUT2D eigenvalue weighted by atomic mass is 16.4. The fourth-order valence-corrected chi connectivity index (χ4v) is 5.89. The maximum absolute atomic E-state index is 13.2. The first-order valence-electron chi connectivity index (χ1n) is 11.2. The van der Waals surface area contributed by atoms with E-state index >= 15 is 0 Å². The highest BCUT2D eigenvalue weighted by Gasteiger charge is 2.40. The van der Waals surface area contributed by atoms with Crippen LogP contribution in [0.25, 0.3) is 16.3 Å². The average Bonchev–Trinajstić information content (AvgIpc) is 3.31.